The Kier molecular flexibility index (Phi) is 8.81. The first-order chi connectivity index (χ1) is 16.5. The van der Waals surface area contributed by atoms with E-state index >= 15 is 0 Å². The van der Waals surface area contributed by atoms with Crippen LogP contribution in [0.3, 0.4) is 0 Å². The van der Waals surface area contributed by atoms with Crippen molar-refractivity contribution in [3.63, 3.8) is 0 Å². The van der Waals surface area contributed by atoms with Gasteiger partial charge >= 0.3 is 6.03 Å². The van der Waals surface area contributed by atoms with Crippen molar-refractivity contribution in [2.24, 2.45) is 5.92 Å². The Bertz CT molecular complexity index is 958. The van der Waals surface area contributed by atoms with Gasteiger partial charge in [0.25, 0.3) is 0 Å². The molecule has 1 heterocycles. The van der Waals surface area contributed by atoms with Crippen LogP contribution in [0.5, 0.6) is 5.75 Å². The lowest BCUT2D eigenvalue weighted by Gasteiger charge is -2.37. The number of amides is 2. The number of hydrogen-bond donors (Lipinski definition) is 2. The summed E-state index contributed by atoms with van der Waals surface area (Å²) < 4.78 is 5.31. The normalized spacial score (nSPS) is 21.2. The minimum Gasteiger partial charge on any atom is -0.495 e. The van der Waals surface area contributed by atoms with Gasteiger partial charge in [-0.1, -0.05) is 41.4 Å². The van der Waals surface area contributed by atoms with E-state index in [1.165, 1.54) is 6.42 Å². The van der Waals surface area contributed by atoms with Gasteiger partial charge in [-0.05, 0) is 68.8 Å². The van der Waals surface area contributed by atoms with Gasteiger partial charge in [0.15, 0.2) is 0 Å². The average molecular weight is 505 g/mol. The Labute approximate surface area is 212 Å². The summed E-state index contributed by atoms with van der Waals surface area (Å²) in [6, 6.07) is 13.4. The van der Waals surface area contributed by atoms with Gasteiger partial charge in [0.2, 0.25) is 0 Å². The third-order valence-electron chi connectivity index (χ3n) is 7.03. The molecule has 184 valence electrons. The zero-order valence-corrected chi connectivity index (χ0v) is 21.2. The maximum Gasteiger partial charge on any atom is 0.319 e. The molecule has 0 radical (unpaired) electrons. The van der Waals surface area contributed by atoms with Crippen LogP contribution >= 0.6 is 23.2 Å². The quantitative estimate of drug-likeness (QED) is 0.493. The van der Waals surface area contributed by atoms with Gasteiger partial charge in [0.05, 0.1) is 28.5 Å². The van der Waals surface area contributed by atoms with Crippen LogP contribution in [0.2, 0.25) is 10.0 Å². The molecule has 0 bridgehead atoms. The van der Waals surface area contributed by atoms with Crippen molar-refractivity contribution in [1.29, 1.82) is 0 Å². The zero-order chi connectivity index (χ0) is 23.9. The highest BCUT2D eigenvalue weighted by molar-refractivity contribution is 6.43. The van der Waals surface area contributed by atoms with E-state index in [1.807, 2.05) is 42.5 Å². The summed E-state index contributed by atoms with van der Waals surface area (Å²) in [7, 11) is 1.61. The molecule has 2 amide bonds. The van der Waals surface area contributed by atoms with Crippen LogP contribution in [0.4, 0.5) is 16.2 Å². The van der Waals surface area contributed by atoms with Crippen molar-refractivity contribution in [3.8, 4) is 5.75 Å². The van der Waals surface area contributed by atoms with E-state index in [1.54, 1.807) is 7.11 Å². The molecule has 1 aliphatic heterocycles. The molecular weight excluding hydrogens is 471 g/mol. The van der Waals surface area contributed by atoms with Crippen LogP contribution < -0.4 is 20.3 Å². The summed E-state index contributed by atoms with van der Waals surface area (Å²) in [4.78, 5) is 17.3. The third kappa shape index (κ3) is 6.49. The molecule has 1 saturated heterocycles. The highest BCUT2D eigenvalue weighted by atomic mass is 35.5. The lowest BCUT2D eigenvalue weighted by atomic mass is 9.84. The minimum atomic E-state index is -0.161. The number of piperazine rings is 1. The zero-order valence-electron chi connectivity index (χ0n) is 19.7. The van der Waals surface area contributed by atoms with Crippen LogP contribution in [-0.2, 0) is 0 Å². The molecule has 0 unspecified atom stereocenters. The summed E-state index contributed by atoms with van der Waals surface area (Å²) in [6.45, 7) is 5.16. The molecule has 6 nitrogen and oxygen atoms in total. The summed E-state index contributed by atoms with van der Waals surface area (Å²) in [5.74, 6) is 1.40. The Morgan fingerprint density at radius 1 is 1.00 bits per heavy atom. The molecular formula is C26H34Cl2N4O2. The summed E-state index contributed by atoms with van der Waals surface area (Å²) in [6.07, 6.45) is 5.61. The predicted octanol–water partition coefficient (Wildman–Crippen LogP) is 5.89. The van der Waals surface area contributed by atoms with Gasteiger partial charge in [0.1, 0.15) is 5.75 Å². The number of carbonyl (C=O) groups excluding carboxylic acids is 1. The molecule has 34 heavy (non-hydrogen) atoms. The number of ether oxygens (including phenoxy) is 1. The lowest BCUT2D eigenvalue weighted by molar-refractivity contribution is 0.208. The van der Waals surface area contributed by atoms with Gasteiger partial charge in [-0.25, -0.2) is 4.79 Å². The van der Waals surface area contributed by atoms with Gasteiger partial charge in [-0.3, -0.25) is 4.90 Å². The number of anilines is 2. The van der Waals surface area contributed by atoms with E-state index in [0.29, 0.717) is 21.5 Å². The number of halogens is 2. The molecule has 8 heteroatoms. The molecule has 2 aromatic carbocycles. The summed E-state index contributed by atoms with van der Waals surface area (Å²) in [5, 5.41) is 7.31. The van der Waals surface area contributed by atoms with Gasteiger partial charge in [-0.2, -0.15) is 0 Å². The number of urea groups is 1. The fourth-order valence-electron chi connectivity index (χ4n) is 5.00. The number of nitrogens with one attached hydrogen (secondary N) is 2. The van der Waals surface area contributed by atoms with Crippen LogP contribution in [0.15, 0.2) is 42.5 Å². The van der Waals surface area contributed by atoms with E-state index in [4.69, 9.17) is 27.9 Å². The van der Waals surface area contributed by atoms with Crippen LogP contribution in [0, 0.1) is 5.92 Å². The Hall–Kier alpha value is -2.15. The molecule has 0 atom stereocenters. The number of hydrogen-bond acceptors (Lipinski definition) is 4. The topological polar surface area (TPSA) is 56.8 Å². The second-order valence-electron chi connectivity index (χ2n) is 9.21. The number of benzene rings is 2. The summed E-state index contributed by atoms with van der Waals surface area (Å²) >= 11 is 12.6. The van der Waals surface area contributed by atoms with Crippen LogP contribution in [-0.4, -0.2) is 56.8 Å². The Balaban J connectivity index is 1.14. The Morgan fingerprint density at radius 2 is 1.74 bits per heavy atom. The molecule has 2 fully saturated rings. The van der Waals surface area contributed by atoms with Crippen molar-refractivity contribution >= 4 is 40.6 Å². The smallest absolute Gasteiger partial charge is 0.319 e. The highest BCUT2D eigenvalue weighted by Gasteiger charge is 2.25. The van der Waals surface area contributed by atoms with Gasteiger partial charge in [0, 0.05) is 32.2 Å². The molecule has 2 N–H and O–H groups in total. The standard InChI is InChI=1S/C26H34Cl2N4O2/c1-34-24-8-3-2-6-22(24)30-26(33)29-20-11-9-19(10-12-20)13-14-31-15-17-32(18-16-31)23-7-4-5-21(27)25(23)28/h2-8,19-20H,9-18H2,1H3,(H2,29,30,33). The van der Waals surface area contributed by atoms with E-state index in [2.05, 4.69) is 20.4 Å². The van der Waals surface area contributed by atoms with Crippen molar-refractivity contribution in [1.82, 2.24) is 10.2 Å². The number of para-hydroxylation sites is 2. The van der Waals surface area contributed by atoms with Crippen LogP contribution in [0.25, 0.3) is 0 Å². The molecule has 2 aliphatic rings. The Morgan fingerprint density at radius 3 is 2.47 bits per heavy atom. The van der Waals surface area contributed by atoms with Gasteiger partial charge in [-0.15, -0.1) is 0 Å². The minimum absolute atomic E-state index is 0.161. The highest BCUT2D eigenvalue weighted by Crippen LogP contribution is 2.33. The molecule has 1 saturated carbocycles. The fraction of sp³-hybridized carbons (Fsp3) is 0.500. The first-order valence-electron chi connectivity index (χ1n) is 12.2. The first-order valence-corrected chi connectivity index (χ1v) is 12.9. The average Bonchev–Trinajstić information content (AvgIpc) is 2.86. The summed E-state index contributed by atoms with van der Waals surface area (Å²) in [5.41, 5.74) is 1.73. The monoisotopic (exact) mass is 504 g/mol. The SMILES string of the molecule is COc1ccccc1NC(=O)NC1CCC(CCN2CCN(c3cccc(Cl)c3Cl)CC2)CC1. The number of nitrogens with zero attached hydrogens (tertiary/aromatic N) is 2. The molecule has 1 aliphatic carbocycles. The van der Waals surface area contributed by atoms with Crippen LogP contribution in [0.1, 0.15) is 32.1 Å². The first kappa shape index (κ1) is 25.0. The number of carbonyl (C=O) groups is 1. The lowest BCUT2D eigenvalue weighted by Crippen LogP contribution is -2.47. The molecule has 0 aromatic heterocycles. The van der Waals surface area contributed by atoms with Crippen molar-refractivity contribution in [2.75, 3.05) is 50.1 Å². The van der Waals surface area contributed by atoms with Gasteiger partial charge < -0.3 is 20.3 Å². The van der Waals surface area contributed by atoms with Crippen molar-refractivity contribution in [3.05, 3.63) is 52.5 Å². The number of methoxy groups -OCH3 is 1. The van der Waals surface area contributed by atoms with E-state index in [0.717, 1.165) is 70.0 Å². The van der Waals surface area contributed by atoms with E-state index < -0.39 is 0 Å². The predicted molar refractivity (Wildman–Crippen MR) is 141 cm³/mol. The van der Waals surface area contributed by atoms with E-state index in [-0.39, 0.29) is 12.1 Å². The second kappa shape index (κ2) is 12.0. The fourth-order valence-corrected chi connectivity index (χ4v) is 5.42. The van der Waals surface area contributed by atoms with Crippen molar-refractivity contribution < 1.29 is 9.53 Å². The van der Waals surface area contributed by atoms with E-state index in [9.17, 15) is 4.79 Å². The maximum absolute atomic E-state index is 12.4. The molecule has 0 spiro atoms. The van der Waals surface area contributed by atoms with Crippen molar-refractivity contribution in [2.45, 2.75) is 38.1 Å². The number of rotatable bonds is 7. The maximum atomic E-state index is 12.4. The molecule has 2 aromatic rings. The largest absolute Gasteiger partial charge is 0.495 e. The third-order valence-corrected chi connectivity index (χ3v) is 7.84. The molecule has 4 rings (SSSR count). The second-order valence-corrected chi connectivity index (χ2v) is 9.99.